The van der Waals surface area contributed by atoms with Crippen molar-refractivity contribution in [1.82, 2.24) is 4.98 Å². The Morgan fingerprint density at radius 2 is 1.06 bits per heavy atom. The van der Waals surface area contributed by atoms with E-state index in [1.54, 1.807) is 11.3 Å². The van der Waals surface area contributed by atoms with Crippen LogP contribution in [-0.2, 0) is 0 Å². The van der Waals surface area contributed by atoms with E-state index in [0.717, 1.165) is 27.6 Å². The molecule has 0 fully saturated rings. The fraction of sp³-hybridized carbons (Fsp3) is 0. The summed E-state index contributed by atoms with van der Waals surface area (Å²) in [7, 11) is 0. The van der Waals surface area contributed by atoms with Crippen LogP contribution in [0.15, 0.2) is 182 Å². The van der Waals surface area contributed by atoms with Crippen LogP contribution in [0.5, 0.6) is 0 Å². The van der Waals surface area contributed by atoms with Gasteiger partial charge < -0.3 is 4.90 Å². The summed E-state index contributed by atoms with van der Waals surface area (Å²) in [5, 5.41) is 6.14. The fourth-order valence-corrected chi connectivity index (χ4v) is 10.3. The van der Waals surface area contributed by atoms with E-state index in [-0.39, 0.29) is 0 Å². The van der Waals surface area contributed by atoms with Gasteiger partial charge in [-0.1, -0.05) is 146 Å². The lowest BCUT2D eigenvalue weighted by atomic mass is 10.0. The Bertz CT molecular complexity index is 2980. The maximum atomic E-state index is 5.38. The number of benzene rings is 8. The topological polar surface area (TPSA) is 16.1 Å². The van der Waals surface area contributed by atoms with Crippen LogP contribution in [0.25, 0.3) is 85.5 Å². The first-order valence-corrected chi connectivity index (χ1v) is 19.5. The number of thiazole rings is 1. The minimum atomic E-state index is 1.05. The first kappa shape index (κ1) is 30.3. The largest absolute Gasteiger partial charge is 0.309 e. The van der Waals surface area contributed by atoms with Crippen molar-refractivity contribution in [2.75, 3.05) is 4.90 Å². The van der Waals surface area contributed by atoms with Crippen LogP contribution in [-0.4, -0.2) is 4.98 Å². The molecule has 8 aromatic carbocycles. The summed E-state index contributed by atoms with van der Waals surface area (Å²) in [5.74, 6) is 0. The molecule has 0 aliphatic heterocycles. The second kappa shape index (κ2) is 12.1. The molecule has 0 N–H and O–H groups in total. The Hall–Kier alpha value is -6.33. The van der Waals surface area contributed by atoms with E-state index in [2.05, 4.69) is 187 Å². The molecule has 0 spiro atoms. The van der Waals surface area contributed by atoms with Crippen molar-refractivity contribution in [2.45, 2.75) is 0 Å². The van der Waals surface area contributed by atoms with Crippen molar-refractivity contribution in [3.8, 4) is 54.5 Å². The van der Waals surface area contributed by atoms with Gasteiger partial charge in [-0.3, -0.25) is 0 Å². The molecule has 248 valence electrons. The molecule has 0 saturated heterocycles. The number of thiophene rings is 1. The van der Waals surface area contributed by atoms with E-state index in [1.807, 2.05) is 11.3 Å². The normalized spacial score (nSPS) is 11.8. The molecule has 10 aromatic rings. The highest BCUT2D eigenvalue weighted by Gasteiger charge is 2.28. The molecule has 0 amide bonds. The predicted molar refractivity (Wildman–Crippen MR) is 228 cm³/mol. The van der Waals surface area contributed by atoms with Crippen molar-refractivity contribution in [3.63, 3.8) is 0 Å². The Morgan fingerprint density at radius 1 is 0.434 bits per heavy atom. The molecule has 1 aliphatic carbocycles. The highest BCUT2D eigenvalue weighted by molar-refractivity contribution is 7.26. The Labute approximate surface area is 315 Å². The summed E-state index contributed by atoms with van der Waals surface area (Å²) in [5.41, 5.74) is 12.9. The van der Waals surface area contributed by atoms with Gasteiger partial charge in [0.05, 0.1) is 21.0 Å². The minimum absolute atomic E-state index is 1.05. The monoisotopic (exact) mass is 710 g/mol. The van der Waals surface area contributed by atoms with Crippen molar-refractivity contribution in [2.24, 2.45) is 0 Å². The molecule has 0 saturated carbocycles. The van der Waals surface area contributed by atoms with Crippen LogP contribution in [0.3, 0.4) is 0 Å². The second-order valence-corrected chi connectivity index (χ2v) is 15.6. The van der Waals surface area contributed by atoms with Gasteiger partial charge in [-0.05, 0) is 69.4 Å². The van der Waals surface area contributed by atoms with Gasteiger partial charge in [-0.25, -0.2) is 4.98 Å². The zero-order chi connectivity index (χ0) is 34.9. The molecule has 2 heterocycles. The summed E-state index contributed by atoms with van der Waals surface area (Å²) in [6.45, 7) is 0. The van der Waals surface area contributed by atoms with E-state index in [1.165, 1.54) is 74.9 Å². The van der Waals surface area contributed by atoms with Gasteiger partial charge >= 0.3 is 0 Å². The predicted octanol–water partition coefficient (Wildman–Crippen LogP) is 14.8. The first-order valence-electron chi connectivity index (χ1n) is 17.9. The molecule has 4 heteroatoms. The Morgan fingerprint density at radius 3 is 1.81 bits per heavy atom. The van der Waals surface area contributed by atoms with Gasteiger partial charge in [0.25, 0.3) is 0 Å². The molecule has 2 aromatic heterocycles. The third kappa shape index (κ3) is 4.95. The average Bonchev–Trinajstić information content (AvgIpc) is 3.92. The summed E-state index contributed by atoms with van der Waals surface area (Å²) in [4.78, 5) is 9.07. The summed E-state index contributed by atoms with van der Waals surface area (Å²) >= 11 is 3.66. The van der Waals surface area contributed by atoms with E-state index in [0.29, 0.717) is 0 Å². The number of aromatic nitrogens is 1. The van der Waals surface area contributed by atoms with Gasteiger partial charge in [-0.2, -0.15) is 0 Å². The van der Waals surface area contributed by atoms with E-state index in [9.17, 15) is 0 Å². The van der Waals surface area contributed by atoms with Gasteiger partial charge in [0, 0.05) is 43.5 Å². The number of anilines is 3. The summed E-state index contributed by atoms with van der Waals surface area (Å²) in [6, 6.07) is 65.9. The molecule has 2 nitrogen and oxygen atoms in total. The SMILES string of the molecule is c1ccc(-c2ccc(-c3nc4c(s3)-c3cccc5cc(N(c6ccc(-c7ccccc7)cc6)c6cccc7c6sc6ccccc67)cc-4c35)cc2)cc1. The van der Waals surface area contributed by atoms with Gasteiger partial charge in [0.15, 0.2) is 0 Å². The first-order chi connectivity index (χ1) is 26.3. The third-order valence-corrected chi connectivity index (χ3v) is 12.8. The molecule has 0 bridgehead atoms. The van der Waals surface area contributed by atoms with E-state index >= 15 is 0 Å². The number of rotatable bonds is 6. The van der Waals surface area contributed by atoms with Crippen molar-refractivity contribution >= 4 is 70.7 Å². The highest BCUT2D eigenvalue weighted by Crippen LogP contribution is 2.54. The molecule has 11 rings (SSSR count). The van der Waals surface area contributed by atoms with Crippen LogP contribution >= 0.6 is 22.7 Å². The molecular formula is C49H30N2S2. The maximum Gasteiger partial charge on any atom is 0.124 e. The minimum Gasteiger partial charge on any atom is -0.309 e. The molecule has 0 atom stereocenters. The lowest BCUT2D eigenvalue weighted by Gasteiger charge is -2.27. The molecule has 53 heavy (non-hydrogen) atoms. The van der Waals surface area contributed by atoms with Crippen molar-refractivity contribution in [3.05, 3.63) is 182 Å². The van der Waals surface area contributed by atoms with Gasteiger partial charge in [0.2, 0.25) is 0 Å². The molecule has 0 radical (unpaired) electrons. The van der Waals surface area contributed by atoms with E-state index < -0.39 is 0 Å². The Kier molecular flexibility index (Phi) is 6.94. The standard InChI is InChI=1S/C49H30N2S2/c1-3-11-31(12-4-1)33-21-23-35(24-22-33)49-50-46-42-30-38(29-36-15-9-18-41(45(36)42)48(46)53-49)51(37-27-25-34(26-28-37)32-13-5-2-6-14-32)43-19-10-17-40-39-16-7-8-20-44(39)52-47(40)43/h1-30H. The number of hydrogen-bond acceptors (Lipinski definition) is 4. The molecule has 0 unspecified atom stereocenters. The quantitative estimate of drug-likeness (QED) is 0.171. The molecule has 1 aliphatic rings. The van der Waals surface area contributed by atoms with Crippen molar-refractivity contribution < 1.29 is 0 Å². The van der Waals surface area contributed by atoms with Crippen LogP contribution in [0, 0.1) is 0 Å². The van der Waals surface area contributed by atoms with Gasteiger partial charge in [0.1, 0.15) is 5.01 Å². The summed E-state index contributed by atoms with van der Waals surface area (Å²) in [6.07, 6.45) is 0. The van der Waals surface area contributed by atoms with Crippen LogP contribution < -0.4 is 4.90 Å². The maximum absolute atomic E-state index is 5.38. The van der Waals surface area contributed by atoms with Crippen LogP contribution in [0.2, 0.25) is 0 Å². The lowest BCUT2D eigenvalue weighted by molar-refractivity contribution is 1.31. The summed E-state index contributed by atoms with van der Waals surface area (Å²) < 4.78 is 2.58. The average molecular weight is 711 g/mol. The highest BCUT2D eigenvalue weighted by atomic mass is 32.1. The zero-order valence-electron chi connectivity index (χ0n) is 28.5. The second-order valence-electron chi connectivity index (χ2n) is 13.5. The zero-order valence-corrected chi connectivity index (χ0v) is 30.2. The van der Waals surface area contributed by atoms with Crippen molar-refractivity contribution in [1.29, 1.82) is 0 Å². The van der Waals surface area contributed by atoms with Crippen LogP contribution in [0.1, 0.15) is 0 Å². The van der Waals surface area contributed by atoms with Crippen LogP contribution in [0.4, 0.5) is 17.1 Å². The van der Waals surface area contributed by atoms with Gasteiger partial charge in [-0.15, -0.1) is 22.7 Å². The fourth-order valence-electron chi connectivity index (χ4n) is 7.93. The molecular weight excluding hydrogens is 681 g/mol. The smallest absolute Gasteiger partial charge is 0.124 e. The Balaban J connectivity index is 1.08. The number of nitrogens with zero attached hydrogens (tertiary/aromatic N) is 2. The number of hydrogen-bond donors (Lipinski definition) is 0. The third-order valence-electron chi connectivity index (χ3n) is 10.4. The van der Waals surface area contributed by atoms with E-state index in [4.69, 9.17) is 4.98 Å². The lowest BCUT2D eigenvalue weighted by Crippen LogP contribution is -2.10. The number of fused-ring (bicyclic) bond motifs is 6.